The summed E-state index contributed by atoms with van der Waals surface area (Å²) in [7, 11) is 0. The van der Waals surface area contributed by atoms with Crippen molar-refractivity contribution in [2.45, 2.75) is 82.5 Å². The van der Waals surface area contributed by atoms with E-state index in [-0.39, 0.29) is 28.9 Å². The zero-order valence-electron chi connectivity index (χ0n) is 18.1. The van der Waals surface area contributed by atoms with Gasteiger partial charge in [0, 0.05) is 19.2 Å². The van der Waals surface area contributed by atoms with E-state index in [4.69, 9.17) is 9.47 Å². The number of amides is 1. The first-order valence-electron chi connectivity index (χ1n) is 10.8. The molecule has 1 aromatic heterocycles. The molecule has 4 rings (SSSR count). The van der Waals surface area contributed by atoms with Crippen LogP contribution < -0.4 is 0 Å². The van der Waals surface area contributed by atoms with E-state index in [2.05, 4.69) is 12.0 Å². The molecule has 7 nitrogen and oxygen atoms in total. The number of aliphatic hydroxyl groups is 1. The van der Waals surface area contributed by atoms with Crippen molar-refractivity contribution in [1.82, 2.24) is 15.1 Å². The van der Waals surface area contributed by atoms with Crippen molar-refractivity contribution in [2.24, 2.45) is 5.41 Å². The predicted octanol–water partition coefficient (Wildman–Crippen LogP) is 3.15. The SMILES string of the molecule is CC(C)(O)[C@@H]1CC[C@@]2(C)OCC3(CCN(C(=O)c4cc(C(F)(F)F)[nH]n4)CC3)C[C@@H]2O1. The second-order valence-corrected chi connectivity index (χ2v) is 10.1. The van der Waals surface area contributed by atoms with Gasteiger partial charge in [-0.3, -0.25) is 9.89 Å². The fourth-order valence-corrected chi connectivity index (χ4v) is 4.98. The van der Waals surface area contributed by atoms with Crippen LogP contribution in [0.2, 0.25) is 0 Å². The molecule has 1 amide bonds. The number of alkyl halides is 3. The van der Waals surface area contributed by atoms with E-state index in [0.29, 0.717) is 32.5 Å². The Morgan fingerprint density at radius 1 is 1.29 bits per heavy atom. The number of carbonyl (C=O) groups is 1. The van der Waals surface area contributed by atoms with Crippen LogP contribution in [0.1, 0.15) is 69.1 Å². The maximum atomic E-state index is 12.8. The van der Waals surface area contributed by atoms with Crippen LogP contribution in [-0.4, -0.2) is 69.2 Å². The number of hydrogen-bond donors (Lipinski definition) is 2. The number of H-pyrrole nitrogens is 1. The van der Waals surface area contributed by atoms with Gasteiger partial charge in [-0.2, -0.15) is 18.3 Å². The highest BCUT2D eigenvalue weighted by atomic mass is 19.4. The second kappa shape index (κ2) is 7.45. The highest BCUT2D eigenvalue weighted by molar-refractivity contribution is 5.92. The Morgan fingerprint density at radius 3 is 2.55 bits per heavy atom. The van der Waals surface area contributed by atoms with Gasteiger partial charge in [0.15, 0.2) is 5.69 Å². The van der Waals surface area contributed by atoms with E-state index in [0.717, 1.165) is 25.3 Å². The van der Waals surface area contributed by atoms with Crippen LogP contribution >= 0.6 is 0 Å². The second-order valence-electron chi connectivity index (χ2n) is 10.1. The molecule has 3 aliphatic rings. The van der Waals surface area contributed by atoms with Gasteiger partial charge < -0.3 is 19.5 Å². The van der Waals surface area contributed by atoms with Gasteiger partial charge in [0.25, 0.3) is 5.91 Å². The molecule has 1 aromatic rings. The summed E-state index contributed by atoms with van der Waals surface area (Å²) < 4.78 is 50.9. The van der Waals surface area contributed by atoms with Gasteiger partial charge in [-0.1, -0.05) is 0 Å². The van der Waals surface area contributed by atoms with Crippen LogP contribution in [0.3, 0.4) is 0 Å². The van der Waals surface area contributed by atoms with E-state index < -0.39 is 23.4 Å². The minimum Gasteiger partial charge on any atom is -0.388 e. The van der Waals surface area contributed by atoms with Crippen molar-refractivity contribution in [2.75, 3.05) is 19.7 Å². The normalized spacial score (nSPS) is 31.5. The molecule has 3 fully saturated rings. The highest BCUT2D eigenvalue weighted by Crippen LogP contribution is 2.49. The molecule has 0 radical (unpaired) electrons. The molecule has 0 aliphatic carbocycles. The number of nitrogens with one attached hydrogen (secondary N) is 1. The fourth-order valence-electron chi connectivity index (χ4n) is 4.98. The molecular weight excluding hydrogens is 415 g/mol. The molecule has 31 heavy (non-hydrogen) atoms. The number of aromatic amines is 1. The monoisotopic (exact) mass is 445 g/mol. The van der Waals surface area contributed by atoms with Gasteiger partial charge in [-0.25, -0.2) is 0 Å². The van der Waals surface area contributed by atoms with E-state index in [1.165, 1.54) is 0 Å². The number of rotatable bonds is 2. The Labute approximate surface area is 179 Å². The predicted molar refractivity (Wildman–Crippen MR) is 104 cm³/mol. The number of fused-ring (bicyclic) bond motifs is 1. The third-order valence-electron chi connectivity index (χ3n) is 7.24. The Morgan fingerprint density at radius 2 is 1.97 bits per heavy atom. The first-order valence-corrected chi connectivity index (χ1v) is 10.8. The lowest BCUT2D eigenvalue weighted by Crippen LogP contribution is -2.61. The van der Waals surface area contributed by atoms with Crippen molar-refractivity contribution in [3.63, 3.8) is 0 Å². The number of nitrogens with zero attached hydrogens (tertiary/aromatic N) is 2. The average Bonchev–Trinajstić information content (AvgIpc) is 3.18. The molecule has 0 unspecified atom stereocenters. The first-order chi connectivity index (χ1) is 14.3. The molecule has 174 valence electrons. The Balaban J connectivity index is 1.40. The molecule has 10 heteroatoms. The van der Waals surface area contributed by atoms with Crippen molar-refractivity contribution >= 4 is 5.91 Å². The summed E-state index contributed by atoms with van der Waals surface area (Å²) in [5.74, 6) is -0.501. The maximum absolute atomic E-state index is 12.8. The van der Waals surface area contributed by atoms with Crippen LogP contribution in [0.15, 0.2) is 6.07 Å². The Bertz CT molecular complexity index is 827. The molecule has 0 saturated carbocycles. The summed E-state index contributed by atoms with van der Waals surface area (Å²) in [6.07, 6.45) is -1.29. The van der Waals surface area contributed by atoms with Crippen molar-refractivity contribution in [3.05, 3.63) is 17.5 Å². The van der Waals surface area contributed by atoms with Gasteiger partial charge in [-0.05, 0) is 58.3 Å². The molecule has 4 heterocycles. The summed E-state index contributed by atoms with van der Waals surface area (Å²) in [5, 5.41) is 15.8. The third-order valence-corrected chi connectivity index (χ3v) is 7.24. The van der Waals surface area contributed by atoms with Gasteiger partial charge in [0.2, 0.25) is 0 Å². The standard InChI is InChI=1S/C21H30F3N3O4/c1-18(2,29)15-4-5-19(3)16(31-15)11-20(12-30-19)6-8-27(9-7-20)17(28)13-10-14(26-25-13)21(22,23)24/h10,15-16,29H,4-9,11-12H2,1-3H3,(H,25,26)/t15-,16-,19+/m0/s1. The number of piperidine rings is 1. The molecule has 2 N–H and O–H groups in total. The van der Waals surface area contributed by atoms with Crippen molar-refractivity contribution in [3.8, 4) is 0 Å². The number of likely N-dealkylation sites (tertiary alicyclic amines) is 1. The van der Waals surface area contributed by atoms with Crippen LogP contribution in [0.5, 0.6) is 0 Å². The number of halogens is 3. The zero-order chi connectivity index (χ0) is 22.7. The van der Waals surface area contributed by atoms with Gasteiger partial charge >= 0.3 is 6.18 Å². The van der Waals surface area contributed by atoms with E-state index in [1.807, 2.05) is 5.10 Å². The molecule has 3 atom stereocenters. The van der Waals surface area contributed by atoms with E-state index in [9.17, 15) is 23.1 Å². The molecule has 3 saturated heterocycles. The van der Waals surface area contributed by atoms with Gasteiger partial charge in [0.1, 0.15) is 5.69 Å². The number of aromatic nitrogens is 2. The topological polar surface area (TPSA) is 87.7 Å². The quantitative estimate of drug-likeness (QED) is 0.730. The van der Waals surface area contributed by atoms with Crippen LogP contribution in [0.4, 0.5) is 13.2 Å². The van der Waals surface area contributed by atoms with Crippen molar-refractivity contribution < 1.29 is 32.5 Å². The lowest BCUT2D eigenvalue weighted by Gasteiger charge is -2.56. The van der Waals surface area contributed by atoms with Gasteiger partial charge in [-0.15, -0.1) is 0 Å². The van der Waals surface area contributed by atoms with Crippen LogP contribution in [0.25, 0.3) is 0 Å². The zero-order valence-corrected chi connectivity index (χ0v) is 18.1. The Kier molecular flexibility index (Phi) is 5.42. The fraction of sp³-hybridized carbons (Fsp3) is 0.810. The van der Waals surface area contributed by atoms with Crippen molar-refractivity contribution in [1.29, 1.82) is 0 Å². The van der Waals surface area contributed by atoms with E-state index >= 15 is 0 Å². The summed E-state index contributed by atoms with van der Waals surface area (Å²) in [4.78, 5) is 14.2. The summed E-state index contributed by atoms with van der Waals surface area (Å²) in [5.41, 5.74) is -2.71. The molecule has 1 spiro atoms. The minimum atomic E-state index is -4.56. The Hall–Kier alpha value is -1.65. The average molecular weight is 445 g/mol. The maximum Gasteiger partial charge on any atom is 0.432 e. The number of hydrogen-bond acceptors (Lipinski definition) is 5. The lowest BCUT2D eigenvalue weighted by atomic mass is 9.68. The molecule has 0 aromatic carbocycles. The number of carbonyl (C=O) groups excluding carboxylic acids is 1. The van der Waals surface area contributed by atoms with E-state index in [1.54, 1.807) is 18.7 Å². The third kappa shape index (κ3) is 4.34. The molecule has 3 aliphatic heterocycles. The lowest BCUT2D eigenvalue weighted by molar-refractivity contribution is -0.271. The largest absolute Gasteiger partial charge is 0.432 e. The van der Waals surface area contributed by atoms with Crippen LogP contribution in [0, 0.1) is 5.41 Å². The molecule has 0 bridgehead atoms. The summed E-state index contributed by atoms with van der Waals surface area (Å²) >= 11 is 0. The summed E-state index contributed by atoms with van der Waals surface area (Å²) in [6.45, 7) is 6.98. The van der Waals surface area contributed by atoms with Gasteiger partial charge in [0.05, 0.1) is 30.0 Å². The number of ether oxygens (including phenoxy) is 2. The highest BCUT2D eigenvalue weighted by Gasteiger charge is 2.53. The summed E-state index contributed by atoms with van der Waals surface area (Å²) in [6, 6.07) is 0.758. The molecular formula is C21H30F3N3O4. The minimum absolute atomic E-state index is 0.144. The smallest absolute Gasteiger partial charge is 0.388 e. The first kappa shape index (κ1) is 22.5. The van der Waals surface area contributed by atoms with Crippen LogP contribution in [-0.2, 0) is 15.7 Å².